The van der Waals surface area contributed by atoms with E-state index in [1.54, 1.807) is 17.4 Å². The molecule has 0 saturated carbocycles. The van der Waals surface area contributed by atoms with Crippen molar-refractivity contribution in [1.82, 2.24) is 24.7 Å². The van der Waals surface area contributed by atoms with E-state index in [1.807, 2.05) is 16.7 Å². The summed E-state index contributed by atoms with van der Waals surface area (Å²) in [5, 5.41) is 0. The molecule has 3 fully saturated rings. The number of imidazole rings is 1. The minimum atomic E-state index is -0.363. The predicted octanol–water partition coefficient (Wildman–Crippen LogP) is 1.19. The second-order valence-corrected chi connectivity index (χ2v) is 8.83. The first-order chi connectivity index (χ1) is 14.0. The van der Waals surface area contributed by atoms with E-state index in [-0.39, 0.29) is 29.2 Å². The Morgan fingerprint density at radius 3 is 2.62 bits per heavy atom. The summed E-state index contributed by atoms with van der Waals surface area (Å²) in [5.41, 5.74) is 1.16. The minimum Gasteiger partial charge on any atom is -0.348 e. The number of aromatic nitrogens is 2. The number of carbonyl (C=O) groups excluding carboxylic acids is 3. The molecule has 3 aliphatic heterocycles. The number of rotatable bonds is 5. The zero-order chi connectivity index (χ0) is 20.4. The van der Waals surface area contributed by atoms with E-state index in [0.29, 0.717) is 39.0 Å². The SMILES string of the molecule is CC(C(=O)N1CCC2(CCC(=O)N(CCc3cnc[nH]3)C2)CC1)N1CCCC1=O. The van der Waals surface area contributed by atoms with Crippen LogP contribution in [0.25, 0.3) is 0 Å². The standard InChI is InChI=1S/C21H31N5O3/c1-16(26-9-2-3-19(26)28)20(29)24-11-7-21(8-12-24)6-4-18(27)25(14-21)10-5-17-13-22-15-23-17/h13,15-16H,2-12,14H2,1H3,(H,22,23). The maximum atomic E-state index is 12.9. The zero-order valence-electron chi connectivity index (χ0n) is 17.2. The summed E-state index contributed by atoms with van der Waals surface area (Å²) in [6.07, 6.45) is 9.02. The van der Waals surface area contributed by atoms with Crippen LogP contribution >= 0.6 is 0 Å². The third-order valence-electron chi connectivity index (χ3n) is 7.02. The van der Waals surface area contributed by atoms with E-state index in [1.165, 1.54) is 0 Å². The third kappa shape index (κ3) is 4.16. The van der Waals surface area contributed by atoms with Crippen molar-refractivity contribution >= 4 is 17.7 Å². The number of likely N-dealkylation sites (tertiary alicyclic amines) is 3. The van der Waals surface area contributed by atoms with Crippen LogP contribution in [0.4, 0.5) is 0 Å². The van der Waals surface area contributed by atoms with Crippen LogP contribution < -0.4 is 0 Å². The Balaban J connectivity index is 1.32. The van der Waals surface area contributed by atoms with E-state index >= 15 is 0 Å². The maximum absolute atomic E-state index is 12.9. The lowest BCUT2D eigenvalue weighted by Gasteiger charge is -2.48. The van der Waals surface area contributed by atoms with Crippen LogP contribution in [0.5, 0.6) is 0 Å². The van der Waals surface area contributed by atoms with Gasteiger partial charge in [0.05, 0.1) is 6.33 Å². The van der Waals surface area contributed by atoms with Gasteiger partial charge in [-0.3, -0.25) is 14.4 Å². The van der Waals surface area contributed by atoms with Crippen molar-refractivity contribution in [1.29, 1.82) is 0 Å². The molecule has 29 heavy (non-hydrogen) atoms. The topological polar surface area (TPSA) is 89.6 Å². The normalized spacial score (nSPS) is 23.1. The van der Waals surface area contributed by atoms with E-state index in [9.17, 15) is 14.4 Å². The van der Waals surface area contributed by atoms with Crippen molar-refractivity contribution in [2.24, 2.45) is 5.41 Å². The molecule has 158 valence electrons. The molecule has 1 atom stereocenters. The molecule has 0 aliphatic carbocycles. The van der Waals surface area contributed by atoms with Gasteiger partial charge in [0.25, 0.3) is 0 Å². The van der Waals surface area contributed by atoms with Crippen LogP contribution in [0.1, 0.15) is 51.1 Å². The molecule has 0 bridgehead atoms. The molecule has 1 N–H and O–H groups in total. The van der Waals surface area contributed by atoms with E-state index in [4.69, 9.17) is 0 Å². The van der Waals surface area contributed by atoms with E-state index < -0.39 is 0 Å². The number of amides is 3. The molecule has 8 heteroatoms. The number of hydrogen-bond donors (Lipinski definition) is 1. The number of nitrogens with one attached hydrogen (secondary N) is 1. The molecule has 3 amide bonds. The van der Waals surface area contributed by atoms with Crippen molar-refractivity contribution in [3.63, 3.8) is 0 Å². The second kappa shape index (κ2) is 8.16. The molecule has 1 aromatic heterocycles. The summed E-state index contributed by atoms with van der Waals surface area (Å²) < 4.78 is 0. The highest BCUT2D eigenvalue weighted by Gasteiger charge is 2.42. The molecule has 1 aromatic rings. The molecule has 4 rings (SSSR count). The van der Waals surface area contributed by atoms with Gasteiger partial charge in [-0.15, -0.1) is 0 Å². The summed E-state index contributed by atoms with van der Waals surface area (Å²) in [4.78, 5) is 50.1. The first-order valence-electron chi connectivity index (χ1n) is 10.8. The van der Waals surface area contributed by atoms with Gasteiger partial charge in [-0.1, -0.05) is 0 Å². The molecule has 1 spiro atoms. The van der Waals surface area contributed by atoms with Gasteiger partial charge in [-0.25, -0.2) is 4.98 Å². The summed E-state index contributed by atoms with van der Waals surface area (Å²) in [6.45, 7) is 5.46. The van der Waals surface area contributed by atoms with Crippen molar-refractivity contribution in [2.45, 2.75) is 57.9 Å². The molecule has 0 aromatic carbocycles. The van der Waals surface area contributed by atoms with E-state index in [0.717, 1.165) is 44.3 Å². The van der Waals surface area contributed by atoms with Crippen LogP contribution in [0.2, 0.25) is 0 Å². The molecule has 8 nitrogen and oxygen atoms in total. The van der Waals surface area contributed by atoms with Gasteiger partial charge in [-0.05, 0) is 38.0 Å². The molecular weight excluding hydrogens is 370 g/mol. The van der Waals surface area contributed by atoms with Gasteiger partial charge in [0, 0.05) is 63.9 Å². The molecule has 3 saturated heterocycles. The summed E-state index contributed by atoms with van der Waals surface area (Å²) in [6, 6.07) is -0.363. The Hall–Kier alpha value is -2.38. The fourth-order valence-electron chi connectivity index (χ4n) is 5.07. The first kappa shape index (κ1) is 19.9. The fraction of sp³-hybridized carbons (Fsp3) is 0.714. The highest BCUT2D eigenvalue weighted by molar-refractivity contribution is 5.88. The number of piperidine rings is 2. The third-order valence-corrected chi connectivity index (χ3v) is 7.02. The van der Waals surface area contributed by atoms with Crippen LogP contribution in [-0.4, -0.2) is 81.2 Å². The maximum Gasteiger partial charge on any atom is 0.245 e. The van der Waals surface area contributed by atoms with Crippen molar-refractivity contribution in [2.75, 3.05) is 32.7 Å². The quantitative estimate of drug-likeness (QED) is 0.803. The van der Waals surface area contributed by atoms with Crippen LogP contribution in [0.3, 0.4) is 0 Å². The fourth-order valence-corrected chi connectivity index (χ4v) is 5.07. The Morgan fingerprint density at radius 2 is 1.97 bits per heavy atom. The molecule has 3 aliphatic rings. The van der Waals surface area contributed by atoms with Crippen molar-refractivity contribution in [3.05, 3.63) is 18.2 Å². The largest absolute Gasteiger partial charge is 0.348 e. The Morgan fingerprint density at radius 1 is 1.17 bits per heavy atom. The van der Waals surface area contributed by atoms with E-state index in [2.05, 4.69) is 9.97 Å². The molecular formula is C21H31N5O3. The van der Waals surface area contributed by atoms with Crippen LogP contribution in [0.15, 0.2) is 12.5 Å². The molecule has 1 unspecified atom stereocenters. The number of H-pyrrole nitrogens is 1. The summed E-state index contributed by atoms with van der Waals surface area (Å²) in [5.74, 6) is 0.394. The van der Waals surface area contributed by atoms with Crippen molar-refractivity contribution in [3.8, 4) is 0 Å². The second-order valence-electron chi connectivity index (χ2n) is 8.83. The van der Waals surface area contributed by atoms with Crippen LogP contribution in [-0.2, 0) is 20.8 Å². The Labute approximate surface area is 171 Å². The molecule has 4 heterocycles. The lowest BCUT2D eigenvalue weighted by Crippen LogP contribution is -2.55. The number of carbonyl (C=O) groups is 3. The monoisotopic (exact) mass is 401 g/mol. The Kier molecular flexibility index (Phi) is 5.61. The van der Waals surface area contributed by atoms with Gasteiger partial charge in [0.2, 0.25) is 17.7 Å². The van der Waals surface area contributed by atoms with Gasteiger partial charge >= 0.3 is 0 Å². The lowest BCUT2D eigenvalue weighted by molar-refractivity contribution is -0.147. The van der Waals surface area contributed by atoms with Crippen molar-refractivity contribution < 1.29 is 14.4 Å². The number of aromatic amines is 1. The first-order valence-corrected chi connectivity index (χ1v) is 10.8. The van der Waals surface area contributed by atoms with Crippen LogP contribution in [0, 0.1) is 5.41 Å². The number of hydrogen-bond acceptors (Lipinski definition) is 4. The summed E-state index contributed by atoms with van der Waals surface area (Å²) in [7, 11) is 0. The smallest absolute Gasteiger partial charge is 0.245 e. The highest BCUT2D eigenvalue weighted by Crippen LogP contribution is 2.40. The average Bonchev–Trinajstić information content (AvgIpc) is 3.40. The minimum absolute atomic E-state index is 0.0677. The van der Waals surface area contributed by atoms with Gasteiger partial charge in [-0.2, -0.15) is 0 Å². The average molecular weight is 402 g/mol. The molecule has 0 radical (unpaired) electrons. The lowest BCUT2D eigenvalue weighted by atomic mass is 9.72. The highest BCUT2D eigenvalue weighted by atomic mass is 16.2. The zero-order valence-corrected chi connectivity index (χ0v) is 17.2. The van der Waals surface area contributed by atoms with Gasteiger partial charge < -0.3 is 19.7 Å². The summed E-state index contributed by atoms with van der Waals surface area (Å²) >= 11 is 0. The predicted molar refractivity (Wildman–Crippen MR) is 107 cm³/mol. The Bertz CT molecular complexity index is 754. The van der Waals surface area contributed by atoms with Gasteiger partial charge in [0.15, 0.2) is 0 Å². The van der Waals surface area contributed by atoms with Gasteiger partial charge in [0.1, 0.15) is 6.04 Å². The number of nitrogens with zero attached hydrogens (tertiary/aromatic N) is 4.